The van der Waals surface area contributed by atoms with Gasteiger partial charge in [0.05, 0.1) is 39.0 Å². The Bertz CT molecular complexity index is 256. The molecule has 1 aliphatic rings. The fraction of sp³-hybridized carbons (Fsp3) is 0.929. The number of rotatable bonds is 13. The number of carbonyl (C=O) groups is 1. The highest BCUT2D eigenvalue weighted by Gasteiger charge is 2.31. The first-order valence-corrected chi connectivity index (χ1v) is 7.42. The van der Waals surface area contributed by atoms with Gasteiger partial charge >= 0.3 is 5.97 Å². The van der Waals surface area contributed by atoms with Crippen LogP contribution in [0.4, 0.5) is 0 Å². The van der Waals surface area contributed by atoms with Crippen molar-refractivity contribution in [2.75, 3.05) is 59.3 Å². The summed E-state index contributed by atoms with van der Waals surface area (Å²) in [4.78, 5) is 12.7. The van der Waals surface area contributed by atoms with Gasteiger partial charge in [-0.25, -0.2) is 0 Å². The average molecular weight is 289 g/mol. The van der Waals surface area contributed by atoms with Gasteiger partial charge in [0.1, 0.15) is 0 Å². The van der Waals surface area contributed by atoms with Crippen molar-refractivity contribution in [3.05, 3.63) is 0 Å². The molecule has 1 fully saturated rings. The van der Waals surface area contributed by atoms with Crippen LogP contribution in [0.5, 0.6) is 0 Å². The molecule has 0 aliphatic carbocycles. The Kier molecular flexibility index (Phi) is 9.57. The van der Waals surface area contributed by atoms with Gasteiger partial charge in [-0.3, -0.25) is 9.69 Å². The Morgan fingerprint density at radius 2 is 1.60 bits per heavy atom. The van der Waals surface area contributed by atoms with Crippen LogP contribution in [0.15, 0.2) is 0 Å². The summed E-state index contributed by atoms with van der Waals surface area (Å²) in [6.07, 6.45) is 2.25. The second-order valence-electron chi connectivity index (χ2n) is 4.99. The molecule has 1 N–H and O–H groups in total. The summed E-state index contributed by atoms with van der Waals surface area (Å²) in [7, 11) is 0. The topological polar surface area (TPSA) is 68.2 Å². The SMILES string of the molecule is CCCCOCCOCCOCCN1CC(C(=O)O)C1. The van der Waals surface area contributed by atoms with E-state index in [1.54, 1.807) is 0 Å². The zero-order valence-electron chi connectivity index (χ0n) is 12.4. The van der Waals surface area contributed by atoms with E-state index in [0.717, 1.165) is 26.0 Å². The molecule has 1 rings (SSSR count). The number of carboxylic acid groups (broad SMARTS) is 1. The zero-order valence-corrected chi connectivity index (χ0v) is 12.4. The predicted octanol–water partition coefficient (Wildman–Crippen LogP) is 0.853. The molecule has 0 saturated carbocycles. The van der Waals surface area contributed by atoms with Gasteiger partial charge in [0.2, 0.25) is 0 Å². The smallest absolute Gasteiger partial charge is 0.309 e. The third kappa shape index (κ3) is 7.79. The van der Waals surface area contributed by atoms with E-state index >= 15 is 0 Å². The van der Waals surface area contributed by atoms with Gasteiger partial charge in [-0.2, -0.15) is 0 Å². The largest absolute Gasteiger partial charge is 0.481 e. The Morgan fingerprint density at radius 1 is 1.05 bits per heavy atom. The van der Waals surface area contributed by atoms with Crippen LogP contribution in [0.1, 0.15) is 19.8 Å². The van der Waals surface area contributed by atoms with E-state index in [9.17, 15) is 4.79 Å². The fourth-order valence-corrected chi connectivity index (χ4v) is 1.89. The molecule has 6 nitrogen and oxygen atoms in total. The van der Waals surface area contributed by atoms with E-state index in [4.69, 9.17) is 19.3 Å². The van der Waals surface area contributed by atoms with E-state index in [1.807, 2.05) is 0 Å². The van der Waals surface area contributed by atoms with Crippen molar-refractivity contribution in [3.63, 3.8) is 0 Å². The van der Waals surface area contributed by atoms with Gasteiger partial charge in [0, 0.05) is 26.2 Å². The summed E-state index contributed by atoms with van der Waals surface area (Å²) < 4.78 is 16.2. The van der Waals surface area contributed by atoms with Crippen molar-refractivity contribution in [3.8, 4) is 0 Å². The Morgan fingerprint density at radius 3 is 2.15 bits per heavy atom. The molecule has 118 valence electrons. The molecule has 0 aromatic carbocycles. The third-order valence-corrected chi connectivity index (χ3v) is 3.24. The molecule has 1 heterocycles. The molecule has 1 aliphatic heterocycles. The number of hydrogen-bond donors (Lipinski definition) is 1. The van der Waals surface area contributed by atoms with E-state index in [0.29, 0.717) is 46.1 Å². The van der Waals surface area contributed by atoms with E-state index in [1.165, 1.54) is 0 Å². The molecular formula is C14H27NO5. The number of carboxylic acids is 1. The number of ether oxygens (including phenoxy) is 3. The molecule has 20 heavy (non-hydrogen) atoms. The summed E-state index contributed by atoms with van der Waals surface area (Å²) >= 11 is 0. The van der Waals surface area contributed by atoms with Crippen molar-refractivity contribution in [1.82, 2.24) is 4.90 Å². The highest BCUT2D eigenvalue weighted by atomic mass is 16.5. The minimum absolute atomic E-state index is 0.189. The van der Waals surface area contributed by atoms with Crippen molar-refractivity contribution < 1.29 is 24.1 Å². The van der Waals surface area contributed by atoms with Gasteiger partial charge in [0.25, 0.3) is 0 Å². The predicted molar refractivity (Wildman–Crippen MR) is 74.9 cm³/mol. The van der Waals surface area contributed by atoms with Gasteiger partial charge < -0.3 is 19.3 Å². The average Bonchev–Trinajstić information content (AvgIpc) is 2.37. The molecule has 0 atom stereocenters. The molecule has 0 amide bonds. The molecule has 0 aromatic rings. The van der Waals surface area contributed by atoms with E-state index in [-0.39, 0.29) is 5.92 Å². The lowest BCUT2D eigenvalue weighted by Gasteiger charge is -2.36. The Labute approximate surface area is 121 Å². The molecule has 0 radical (unpaired) electrons. The molecule has 1 saturated heterocycles. The van der Waals surface area contributed by atoms with Gasteiger partial charge in [-0.15, -0.1) is 0 Å². The van der Waals surface area contributed by atoms with Crippen LogP contribution < -0.4 is 0 Å². The lowest BCUT2D eigenvalue weighted by Crippen LogP contribution is -2.51. The van der Waals surface area contributed by atoms with Crippen LogP contribution in [0.25, 0.3) is 0 Å². The highest BCUT2D eigenvalue weighted by molar-refractivity contribution is 5.71. The molecule has 0 bridgehead atoms. The number of unbranched alkanes of at least 4 members (excludes halogenated alkanes) is 1. The summed E-state index contributed by atoms with van der Waals surface area (Å²) in [5.41, 5.74) is 0. The van der Waals surface area contributed by atoms with Crippen LogP contribution in [-0.2, 0) is 19.0 Å². The molecular weight excluding hydrogens is 262 g/mol. The number of hydrogen-bond acceptors (Lipinski definition) is 5. The summed E-state index contributed by atoms with van der Waals surface area (Å²) in [6, 6.07) is 0. The number of likely N-dealkylation sites (tertiary alicyclic amines) is 1. The summed E-state index contributed by atoms with van der Waals surface area (Å²) in [5.74, 6) is -0.886. The van der Waals surface area contributed by atoms with Gasteiger partial charge in [-0.05, 0) is 6.42 Å². The normalized spacial score (nSPS) is 16.2. The molecule has 6 heteroatoms. The monoisotopic (exact) mass is 289 g/mol. The maximum Gasteiger partial charge on any atom is 0.309 e. The summed E-state index contributed by atoms with van der Waals surface area (Å²) in [6.45, 7) is 8.06. The Balaban J connectivity index is 1.72. The minimum atomic E-state index is -0.697. The zero-order chi connectivity index (χ0) is 14.6. The van der Waals surface area contributed by atoms with Crippen molar-refractivity contribution in [2.24, 2.45) is 5.92 Å². The van der Waals surface area contributed by atoms with Crippen molar-refractivity contribution >= 4 is 5.97 Å². The first kappa shape index (κ1) is 17.4. The van der Waals surface area contributed by atoms with Crippen LogP contribution in [-0.4, -0.2) is 75.3 Å². The second kappa shape index (κ2) is 11.0. The van der Waals surface area contributed by atoms with Crippen molar-refractivity contribution in [2.45, 2.75) is 19.8 Å². The maximum atomic E-state index is 10.6. The molecule has 0 unspecified atom stereocenters. The minimum Gasteiger partial charge on any atom is -0.481 e. The quantitative estimate of drug-likeness (QED) is 0.507. The van der Waals surface area contributed by atoms with E-state index < -0.39 is 5.97 Å². The standard InChI is InChI=1S/C14H27NO5/c1-2-3-5-18-7-9-20-10-8-19-6-4-15-11-13(12-15)14(16)17/h13H,2-12H2,1H3,(H,16,17). The molecule has 0 spiro atoms. The summed E-state index contributed by atoms with van der Waals surface area (Å²) in [5, 5.41) is 8.73. The first-order chi connectivity index (χ1) is 9.74. The number of aliphatic carboxylic acids is 1. The van der Waals surface area contributed by atoms with Crippen molar-refractivity contribution in [1.29, 1.82) is 0 Å². The Hall–Kier alpha value is -0.690. The van der Waals surface area contributed by atoms with Crippen LogP contribution in [0, 0.1) is 5.92 Å². The lowest BCUT2D eigenvalue weighted by molar-refractivity contribution is -0.147. The lowest BCUT2D eigenvalue weighted by atomic mass is 10.0. The van der Waals surface area contributed by atoms with Crippen LogP contribution in [0.3, 0.4) is 0 Å². The second-order valence-corrected chi connectivity index (χ2v) is 4.99. The maximum absolute atomic E-state index is 10.6. The first-order valence-electron chi connectivity index (χ1n) is 7.42. The highest BCUT2D eigenvalue weighted by Crippen LogP contribution is 2.14. The number of nitrogens with zero attached hydrogens (tertiary/aromatic N) is 1. The third-order valence-electron chi connectivity index (χ3n) is 3.24. The van der Waals surface area contributed by atoms with Gasteiger partial charge in [-0.1, -0.05) is 13.3 Å². The molecule has 0 aromatic heterocycles. The van der Waals surface area contributed by atoms with E-state index in [2.05, 4.69) is 11.8 Å². The fourth-order valence-electron chi connectivity index (χ4n) is 1.89. The van der Waals surface area contributed by atoms with Gasteiger partial charge in [0.15, 0.2) is 0 Å². The van der Waals surface area contributed by atoms with Crippen LogP contribution >= 0.6 is 0 Å². The van der Waals surface area contributed by atoms with Crippen LogP contribution in [0.2, 0.25) is 0 Å².